The van der Waals surface area contributed by atoms with Crippen LogP contribution in [0.5, 0.6) is 0 Å². The summed E-state index contributed by atoms with van der Waals surface area (Å²) in [6.45, 7) is 5.75. The van der Waals surface area contributed by atoms with E-state index in [0.29, 0.717) is 52.4 Å². The molecular weight excluding hydrogens is 1210 g/mol. The molecule has 0 bridgehead atoms. The molecule has 0 amide bonds. The largest absolute Gasteiger partial charge is 0.213 e. The summed E-state index contributed by atoms with van der Waals surface area (Å²) in [5.74, 6) is 6.18. The predicted molar refractivity (Wildman–Crippen MR) is 404 cm³/mol. The van der Waals surface area contributed by atoms with Crippen LogP contribution in [0.1, 0.15) is 17.5 Å². The third kappa shape index (κ3) is 15.7. The lowest BCUT2D eigenvalue weighted by Crippen LogP contribution is -2.00. The van der Waals surface area contributed by atoms with Crippen molar-refractivity contribution in [3.8, 4) is 146 Å². The van der Waals surface area contributed by atoms with Gasteiger partial charge < -0.3 is 0 Å². The van der Waals surface area contributed by atoms with E-state index in [2.05, 4.69) is 250 Å². The Morgan fingerprint density at radius 1 is 0.121 bits per heavy atom. The molecule has 13 aromatic carbocycles. The van der Waals surface area contributed by atoms with Gasteiger partial charge in [0.15, 0.2) is 34.9 Å². The molecule has 99 heavy (non-hydrogen) atoms. The molecule has 0 saturated heterocycles. The second-order valence-corrected chi connectivity index (χ2v) is 23.9. The average Bonchev–Trinajstić information content (AvgIpc) is 0.833. The molecule has 3 aromatic heterocycles. The lowest BCUT2D eigenvalue weighted by molar-refractivity contribution is 0.991. The summed E-state index contributed by atoms with van der Waals surface area (Å²) < 4.78 is 0. The molecule has 16 rings (SSSR count). The van der Waals surface area contributed by atoms with E-state index in [1.807, 2.05) is 142 Å². The minimum absolute atomic E-state index is 0.669. The fourth-order valence-corrected chi connectivity index (χ4v) is 11.9. The molecule has 0 aliphatic rings. The number of aromatic nitrogens is 9. The van der Waals surface area contributed by atoms with Gasteiger partial charge in [0.2, 0.25) is 0 Å². The molecular formula is C90H67N9. The van der Waals surface area contributed by atoms with Crippen LogP contribution in [-0.4, -0.2) is 44.9 Å². The van der Waals surface area contributed by atoms with E-state index < -0.39 is 0 Å². The first kappa shape index (κ1) is 63.3. The lowest BCUT2D eigenvalue weighted by atomic mass is 9.96. The van der Waals surface area contributed by atoms with Gasteiger partial charge in [-0.15, -0.1) is 0 Å². The van der Waals surface area contributed by atoms with Crippen LogP contribution in [0.4, 0.5) is 0 Å². The van der Waals surface area contributed by atoms with Crippen molar-refractivity contribution >= 4 is 0 Å². The molecule has 0 saturated carbocycles. The van der Waals surface area contributed by atoms with Crippen molar-refractivity contribution in [2.75, 3.05) is 0 Å². The number of hydrogen-bond acceptors (Lipinski definition) is 9. The highest BCUT2D eigenvalue weighted by Gasteiger charge is 2.17. The van der Waals surface area contributed by atoms with Crippen LogP contribution in [0, 0.1) is 20.8 Å². The minimum Gasteiger partial charge on any atom is -0.213 e. The molecule has 3 heterocycles. The van der Waals surface area contributed by atoms with Gasteiger partial charge in [-0.2, -0.15) is 0 Å². The number of aryl methyl sites for hydroxylation is 3. The number of rotatable bonds is 13. The van der Waals surface area contributed by atoms with Crippen LogP contribution >= 0.6 is 0 Å². The summed E-state index contributed by atoms with van der Waals surface area (Å²) in [5, 5.41) is 0. The first-order chi connectivity index (χ1) is 48.7. The highest BCUT2D eigenvalue weighted by atomic mass is 15.0. The summed E-state index contributed by atoms with van der Waals surface area (Å²) in [6.07, 6.45) is 0. The van der Waals surface area contributed by atoms with E-state index in [0.717, 1.165) is 94.6 Å². The highest BCUT2D eigenvalue weighted by Crippen LogP contribution is 2.36. The maximum Gasteiger partial charge on any atom is 0.163 e. The first-order valence-electron chi connectivity index (χ1n) is 33.0. The van der Waals surface area contributed by atoms with Gasteiger partial charge in [0.05, 0.1) is 0 Å². The number of hydrogen-bond donors (Lipinski definition) is 0. The Morgan fingerprint density at radius 3 is 0.505 bits per heavy atom. The second kappa shape index (κ2) is 30.1. The Hall–Kier alpha value is -13.1. The zero-order valence-electron chi connectivity index (χ0n) is 55.0. The predicted octanol–water partition coefficient (Wildman–Crippen LogP) is 22.2. The zero-order valence-corrected chi connectivity index (χ0v) is 55.0. The first-order valence-corrected chi connectivity index (χ1v) is 33.0. The third-order valence-corrected chi connectivity index (χ3v) is 16.8. The monoisotopic (exact) mass is 1270 g/mol. The van der Waals surface area contributed by atoms with Crippen LogP contribution in [0.25, 0.3) is 146 Å². The quantitative estimate of drug-likeness (QED) is 0.111. The topological polar surface area (TPSA) is 116 Å². The fourth-order valence-electron chi connectivity index (χ4n) is 11.9. The Labute approximate surface area is 577 Å². The Balaban J connectivity index is 0.000000127. The standard InChI is InChI=1S/C34H25N3.2C28H21N3/c1-24-35-33(29-19-11-18-28(20-29)25-12-5-2-6-13-25)37-34(36-24)32-22-30(26-14-7-3-8-15-26)21-31(23-32)27-16-9-4-10-17-27;1-20-29-27(23-15-9-4-10-16-23)31-28(30-20)26-18-24(21-11-5-2-6-12-21)17-25(19-26)22-13-7-3-8-14-22;1-20-29-27(25-16-8-14-23(18-25)21-10-4-2-5-11-21)31-28(30-20)26-17-9-15-24(19-26)22-12-6-3-7-13-22/h2-23H,1H3;2*2-19H,1H3. The van der Waals surface area contributed by atoms with Gasteiger partial charge in [-0.25, -0.2) is 44.9 Å². The molecule has 16 aromatic rings. The fraction of sp³-hybridized carbons (Fsp3) is 0.0333. The van der Waals surface area contributed by atoms with Gasteiger partial charge in [-0.3, -0.25) is 0 Å². The molecule has 9 nitrogen and oxygen atoms in total. The van der Waals surface area contributed by atoms with E-state index in [9.17, 15) is 0 Å². The molecule has 0 aliphatic carbocycles. The van der Waals surface area contributed by atoms with E-state index >= 15 is 0 Å². The van der Waals surface area contributed by atoms with E-state index in [-0.39, 0.29) is 0 Å². The van der Waals surface area contributed by atoms with Crippen molar-refractivity contribution < 1.29 is 0 Å². The Kier molecular flexibility index (Phi) is 19.2. The van der Waals surface area contributed by atoms with Crippen LogP contribution < -0.4 is 0 Å². The van der Waals surface area contributed by atoms with Crippen molar-refractivity contribution in [3.05, 3.63) is 369 Å². The van der Waals surface area contributed by atoms with Gasteiger partial charge in [-0.05, 0) is 153 Å². The molecule has 0 unspecified atom stereocenters. The molecule has 0 fully saturated rings. The zero-order chi connectivity index (χ0) is 67.1. The van der Waals surface area contributed by atoms with E-state index in [1.54, 1.807) is 0 Å². The maximum absolute atomic E-state index is 4.96. The van der Waals surface area contributed by atoms with Gasteiger partial charge in [0.1, 0.15) is 17.5 Å². The van der Waals surface area contributed by atoms with E-state index in [4.69, 9.17) is 24.9 Å². The van der Waals surface area contributed by atoms with Crippen molar-refractivity contribution in [2.45, 2.75) is 20.8 Å². The average molecular weight is 1270 g/mol. The van der Waals surface area contributed by atoms with Crippen molar-refractivity contribution in [1.82, 2.24) is 44.9 Å². The summed E-state index contributed by atoms with van der Waals surface area (Å²) >= 11 is 0. The number of nitrogens with zero attached hydrogens (tertiary/aromatic N) is 9. The summed E-state index contributed by atoms with van der Waals surface area (Å²) in [4.78, 5) is 42.6. The molecule has 0 radical (unpaired) electrons. The van der Waals surface area contributed by atoms with Gasteiger partial charge >= 0.3 is 0 Å². The Morgan fingerprint density at radius 2 is 0.273 bits per heavy atom. The normalized spacial score (nSPS) is 10.8. The Bertz CT molecular complexity index is 5160. The summed E-state index contributed by atoms with van der Waals surface area (Å²) in [5.41, 5.74) is 21.9. The molecule has 472 valence electrons. The van der Waals surface area contributed by atoms with Crippen molar-refractivity contribution in [2.24, 2.45) is 0 Å². The summed E-state index contributed by atoms with van der Waals surface area (Å²) in [7, 11) is 0. The van der Waals surface area contributed by atoms with Crippen molar-refractivity contribution in [1.29, 1.82) is 0 Å². The van der Waals surface area contributed by atoms with Gasteiger partial charge in [-0.1, -0.05) is 297 Å². The summed E-state index contributed by atoms with van der Waals surface area (Å²) in [6, 6.07) is 121. The molecule has 0 N–H and O–H groups in total. The molecule has 0 spiro atoms. The van der Waals surface area contributed by atoms with Crippen molar-refractivity contribution in [3.63, 3.8) is 0 Å². The molecule has 9 heteroatoms. The van der Waals surface area contributed by atoms with Crippen LogP contribution in [0.3, 0.4) is 0 Å². The molecule has 0 atom stereocenters. The SMILES string of the molecule is Cc1nc(-c2cccc(-c3ccccc3)c2)nc(-c2cc(-c3ccccc3)cc(-c3ccccc3)c2)n1.Cc1nc(-c2cccc(-c3ccccc3)c2)nc(-c2cccc(-c3ccccc3)c2)n1.Cc1nc(-c2ccccc2)nc(-c2cc(-c3ccccc3)cc(-c3ccccc3)c2)n1. The lowest BCUT2D eigenvalue weighted by Gasteiger charge is -2.12. The van der Waals surface area contributed by atoms with Crippen LogP contribution in [0.15, 0.2) is 352 Å². The second-order valence-electron chi connectivity index (χ2n) is 23.9. The van der Waals surface area contributed by atoms with Gasteiger partial charge in [0.25, 0.3) is 0 Å². The van der Waals surface area contributed by atoms with Crippen LogP contribution in [0.2, 0.25) is 0 Å². The smallest absolute Gasteiger partial charge is 0.163 e. The van der Waals surface area contributed by atoms with E-state index in [1.165, 1.54) is 16.7 Å². The van der Waals surface area contributed by atoms with Crippen LogP contribution in [-0.2, 0) is 0 Å². The molecule has 0 aliphatic heterocycles. The third-order valence-electron chi connectivity index (χ3n) is 16.8. The maximum atomic E-state index is 4.96. The number of benzene rings is 13. The van der Waals surface area contributed by atoms with Gasteiger partial charge in [0, 0.05) is 33.4 Å². The minimum atomic E-state index is 0.669. The highest BCUT2D eigenvalue weighted by molar-refractivity contribution is 5.82.